The van der Waals surface area contributed by atoms with E-state index in [-0.39, 0.29) is 18.4 Å². The summed E-state index contributed by atoms with van der Waals surface area (Å²) < 4.78 is 0. The molecule has 1 atom stereocenters. The molecule has 5 nitrogen and oxygen atoms in total. The molecule has 0 heterocycles. The SMILES string of the molecule is O=C(NCc1ccc(O)cc1)NC(CO)c1ccc(Cl)cc1. The molecule has 2 aromatic rings. The fourth-order valence-electron chi connectivity index (χ4n) is 1.93. The minimum atomic E-state index is -0.503. The average Bonchev–Trinajstić information content (AvgIpc) is 2.53. The first-order valence-corrected chi connectivity index (χ1v) is 7.15. The Bertz CT molecular complexity index is 614. The van der Waals surface area contributed by atoms with Crippen molar-refractivity contribution in [2.24, 2.45) is 0 Å². The Morgan fingerprint density at radius 3 is 2.32 bits per heavy atom. The lowest BCUT2D eigenvalue weighted by atomic mass is 10.1. The molecule has 0 spiro atoms. The Morgan fingerprint density at radius 1 is 1.09 bits per heavy atom. The Balaban J connectivity index is 1.89. The molecule has 0 aliphatic rings. The third-order valence-corrected chi connectivity index (χ3v) is 3.40. The molecule has 2 rings (SSSR count). The fourth-order valence-corrected chi connectivity index (χ4v) is 2.06. The summed E-state index contributed by atoms with van der Waals surface area (Å²) in [7, 11) is 0. The molecule has 116 valence electrons. The van der Waals surface area contributed by atoms with Gasteiger partial charge in [0, 0.05) is 11.6 Å². The van der Waals surface area contributed by atoms with Crippen molar-refractivity contribution in [3.8, 4) is 5.75 Å². The van der Waals surface area contributed by atoms with E-state index in [1.165, 1.54) is 0 Å². The maximum absolute atomic E-state index is 11.9. The number of aliphatic hydroxyl groups excluding tert-OH is 1. The maximum Gasteiger partial charge on any atom is 0.315 e. The third-order valence-electron chi connectivity index (χ3n) is 3.15. The molecular formula is C16H17ClN2O3. The number of hydrogen-bond acceptors (Lipinski definition) is 3. The highest BCUT2D eigenvalue weighted by atomic mass is 35.5. The number of phenols is 1. The van der Waals surface area contributed by atoms with Gasteiger partial charge in [0.1, 0.15) is 5.75 Å². The van der Waals surface area contributed by atoms with Crippen LogP contribution in [-0.2, 0) is 6.54 Å². The van der Waals surface area contributed by atoms with Crippen molar-refractivity contribution >= 4 is 17.6 Å². The zero-order valence-electron chi connectivity index (χ0n) is 11.8. The molecule has 0 saturated heterocycles. The van der Waals surface area contributed by atoms with Gasteiger partial charge < -0.3 is 20.8 Å². The van der Waals surface area contributed by atoms with Crippen LogP contribution in [-0.4, -0.2) is 22.9 Å². The van der Waals surface area contributed by atoms with Crippen LogP contribution in [0.5, 0.6) is 5.75 Å². The quantitative estimate of drug-likeness (QED) is 0.683. The van der Waals surface area contributed by atoms with Gasteiger partial charge in [-0.1, -0.05) is 35.9 Å². The van der Waals surface area contributed by atoms with Gasteiger partial charge in [-0.15, -0.1) is 0 Å². The molecule has 0 fully saturated rings. The molecule has 2 aromatic carbocycles. The van der Waals surface area contributed by atoms with Crippen molar-refractivity contribution in [2.75, 3.05) is 6.61 Å². The number of amides is 2. The number of phenolic OH excluding ortho intramolecular Hbond substituents is 1. The summed E-state index contributed by atoms with van der Waals surface area (Å²) in [5.74, 6) is 0.177. The predicted molar refractivity (Wildman–Crippen MR) is 84.8 cm³/mol. The summed E-state index contributed by atoms with van der Waals surface area (Å²) in [6.07, 6.45) is 0. The minimum Gasteiger partial charge on any atom is -0.508 e. The van der Waals surface area contributed by atoms with Gasteiger partial charge in [0.2, 0.25) is 0 Å². The number of rotatable bonds is 5. The molecule has 0 bridgehead atoms. The van der Waals surface area contributed by atoms with Crippen LogP contribution in [0.3, 0.4) is 0 Å². The van der Waals surface area contributed by atoms with Crippen LogP contribution >= 0.6 is 11.6 Å². The summed E-state index contributed by atoms with van der Waals surface area (Å²) in [6, 6.07) is 12.6. The first-order valence-electron chi connectivity index (χ1n) is 6.77. The van der Waals surface area contributed by atoms with Crippen LogP contribution in [0.25, 0.3) is 0 Å². The number of carbonyl (C=O) groups excluding carboxylic acids is 1. The molecule has 4 N–H and O–H groups in total. The molecule has 1 unspecified atom stereocenters. The smallest absolute Gasteiger partial charge is 0.315 e. The van der Waals surface area contributed by atoms with Crippen LogP contribution in [0.15, 0.2) is 48.5 Å². The Labute approximate surface area is 133 Å². The summed E-state index contributed by atoms with van der Waals surface area (Å²) in [5.41, 5.74) is 1.63. The van der Waals surface area contributed by atoms with Crippen LogP contribution in [0.2, 0.25) is 5.02 Å². The van der Waals surface area contributed by atoms with Crippen LogP contribution < -0.4 is 10.6 Å². The first-order chi connectivity index (χ1) is 10.6. The van der Waals surface area contributed by atoms with Gasteiger partial charge in [-0.2, -0.15) is 0 Å². The predicted octanol–water partition coefficient (Wildman–Crippen LogP) is 2.58. The second-order valence-corrected chi connectivity index (χ2v) is 5.22. The Kier molecular flexibility index (Phi) is 5.63. The van der Waals surface area contributed by atoms with Crippen LogP contribution in [0.4, 0.5) is 4.79 Å². The van der Waals surface area contributed by atoms with Crippen molar-refractivity contribution in [1.29, 1.82) is 0 Å². The maximum atomic E-state index is 11.9. The van der Waals surface area contributed by atoms with Gasteiger partial charge in [0.25, 0.3) is 0 Å². The number of aromatic hydroxyl groups is 1. The van der Waals surface area contributed by atoms with E-state index in [4.69, 9.17) is 11.6 Å². The zero-order chi connectivity index (χ0) is 15.9. The number of carbonyl (C=O) groups is 1. The van der Waals surface area contributed by atoms with Crippen molar-refractivity contribution in [2.45, 2.75) is 12.6 Å². The second-order valence-electron chi connectivity index (χ2n) is 4.78. The highest BCUT2D eigenvalue weighted by Crippen LogP contribution is 2.16. The number of urea groups is 1. The van der Waals surface area contributed by atoms with Gasteiger partial charge in [0.05, 0.1) is 12.6 Å². The molecule has 22 heavy (non-hydrogen) atoms. The molecule has 2 amide bonds. The molecule has 0 aliphatic heterocycles. The lowest BCUT2D eigenvalue weighted by Crippen LogP contribution is -2.38. The lowest BCUT2D eigenvalue weighted by molar-refractivity contribution is 0.216. The number of hydrogen-bond donors (Lipinski definition) is 4. The van der Waals surface area contributed by atoms with Gasteiger partial charge in [-0.25, -0.2) is 4.79 Å². The summed E-state index contributed by atoms with van der Waals surface area (Å²) in [6.45, 7) is 0.110. The van der Waals surface area contributed by atoms with E-state index in [0.717, 1.165) is 11.1 Å². The molecule has 0 radical (unpaired) electrons. The average molecular weight is 321 g/mol. The Morgan fingerprint density at radius 2 is 1.73 bits per heavy atom. The molecule has 0 saturated carbocycles. The van der Waals surface area contributed by atoms with Crippen molar-refractivity contribution < 1.29 is 15.0 Å². The van der Waals surface area contributed by atoms with Crippen molar-refractivity contribution in [1.82, 2.24) is 10.6 Å². The van der Waals surface area contributed by atoms with E-state index in [9.17, 15) is 15.0 Å². The zero-order valence-corrected chi connectivity index (χ0v) is 12.5. The van der Waals surface area contributed by atoms with Gasteiger partial charge >= 0.3 is 6.03 Å². The van der Waals surface area contributed by atoms with Gasteiger partial charge in [0.15, 0.2) is 0 Å². The fraction of sp³-hybridized carbons (Fsp3) is 0.188. The standard InChI is InChI=1S/C16H17ClN2O3/c17-13-5-3-12(4-6-13)15(10-20)19-16(22)18-9-11-1-7-14(21)8-2-11/h1-8,15,20-21H,9-10H2,(H2,18,19,22). The normalized spacial score (nSPS) is 11.7. The first kappa shape index (κ1) is 16.1. The number of nitrogens with one attached hydrogen (secondary N) is 2. The highest BCUT2D eigenvalue weighted by molar-refractivity contribution is 6.30. The molecule has 6 heteroatoms. The van der Waals surface area contributed by atoms with Crippen molar-refractivity contribution in [3.63, 3.8) is 0 Å². The van der Waals surface area contributed by atoms with E-state index in [0.29, 0.717) is 11.6 Å². The van der Waals surface area contributed by atoms with E-state index in [2.05, 4.69) is 10.6 Å². The highest BCUT2D eigenvalue weighted by Gasteiger charge is 2.13. The van der Waals surface area contributed by atoms with Gasteiger partial charge in [-0.05, 0) is 35.4 Å². The monoisotopic (exact) mass is 320 g/mol. The number of benzene rings is 2. The third kappa shape index (κ3) is 4.65. The molecular weight excluding hydrogens is 304 g/mol. The van der Waals surface area contributed by atoms with Crippen LogP contribution in [0, 0.1) is 0 Å². The Hall–Kier alpha value is -2.24. The van der Waals surface area contributed by atoms with Crippen molar-refractivity contribution in [3.05, 3.63) is 64.7 Å². The topological polar surface area (TPSA) is 81.6 Å². The van der Waals surface area contributed by atoms with E-state index < -0.39 is 6.04 Å². The molecule has 0 aliphatic carbocycles. The largest absolute Gasteiger partial charge is 0.508 e. The molecule has 0 aromatic heterocycles. The second kappa shape index (κ2) is 7.68. The summed E-state index contributed by atoms with van der Waals surface area (Å²) >= 11 is 5.81. The lowest BCUT2D eigenvalue weighted by Gasteiger charge is -2.17. The van der Waals surface area contributed by atoms with E-state index in [1.807, 2.05) is 0 Å². The summed E-state index contributed by atoms with van der Waals surface area (Å²) in [5, 5.41) is 24.6. The number of aliphatic hydroxyl groups is 1. The van der Waals surface area contributed by atoms with E-state index in [1.54, 1.807) is 48.5 Å². The summed E-state index contributed by atoms with van der Waals surface area (Å²) in [4.78, 5) is 11.9. The van der Waals surface area contributed by atoms with Crippen LogP contribution in [0.1, 0.15) is 17.2 Å². The number of halogens is 1. The van der Waals surface area contributed by atoms with E-state index >= 15 is 0 Å². The minimum absolute atomic E-state index is 0.177. The van der Waals surface area contributed by atoms with Gasteiger partial charge in [-0.3, -0.25) is 0 Å².